The van der Waals surface area contributed by atoms with Gasteiger partial charge in [-0.25, -0.2) is 8.42 Å². The zero-order valence-corrected chi connectivity index (χ0v) is 25.2. The molecule has 216 valence electrons. The number of unbranched alkanes of at least 4 members (excludes halogenated alkanes) is 18. The van der Waals surface area contributed by atoms with E-state index in [-0.39, 0.29) is 5.75 Å². The number of hydrogen-bond donors (Lipinski definition) is 1. The predicted molar refractivity (Wildman–Crippen MR) is 158 cm³/mol. The lowest BCUT2D eigenvalue weighted by Crippen LogP contribution is -2.93. The highest BCUT2D eigenvalue weighted by molar-refractivity contribution is 7.85. The first-order chi connectivity index (χ1) is 17.9. The van der Waals surface area contributed by atoms with Crippen molar-refractivity contribution in [2.24, 2.45) is 0 Å². The fourth-order valence-corrected chi connectivity index (χ4v) is 6.72. The molecule has 4 nitrogen and oxygen atoms in total. The van der Waals surface area contributed by atoms with Crippen molar-refractivity contribution in [1.82, 2.24) is 0 Å². The molecule has 0 aliphatic rings. The third kappa shape index (κ3) is 19.8. The van der Waals surface area contributed by atoms with Gasteiger partial charge in [0, 0.05) is 12.8 Å². The molecule has 0 aliphatic carbocycles. The number of benzene rings is 1. The lowest BCUT2D eigenvalue weighted by atomic mass is 9.87. The zero-order valence-electron chi connectivity index (χ0n) is 24.4. The number of quaternary nitrogens is 1. The summed E-state index contributed by atoms with van der Waals surface area (Å²) in [6.45, 7) is 4.51. The molecule has 0 aromatic heterocycles. The second-order valence-electron chi connectivity index (χ2n) is 11.5. The molecule has 0 saturated carbocycles. The molecular formula is C32H59NO3S. The van der Waals surface area contributed by atoms with E-state index in [1.165, 1.54) is 103 Å². The largest absolute Gasteiger partial charge is 0.748 e. The van der Waals surface area contributed by atoms with Crippen molar-refractivity contribution in [1.29, 1.82) is 0 Å². The van der Waals surface area contributed by atoms with Gasteiger partial charge in [0.05, 0.1) is 5.75 Å². The summed E-state index contributed by atoms with van der Waals surface area (Å²) in [6, 6.07) is 10.0. The molecule has 0 atom stereocenters. The second kappa shape index (κ2) is 22.0. The molecule has 37 heavy (non-hydrogen) atoms. The van der Waals surface area contributed by atoms with E-state index in [9.17, 15) is 13.0 Å². The summed E-state index contributed by atoms with van der Waals surface area (Å²) in [6.07, 6.45) is 26.7. The van der Waals surface area contributed by atoms with Gasteiger partial charge in [-0.3, -0.25) is 0 Å². The molecule has 0 fully saturated rings. The smallest absolute Gasteiger partial charge is 0.130 e. The van der Waals surface area contributed by atoms with Crippen molar-refractivity contribution in [2.45, 2.75) is 161 Å². The molecule has 0 heterocycles. The zero-order chi connectivity index (χ0) is 27.1. The minimum atomic E-state index is -4.31. The van der Waals surface area contributed by atoms with Gasteiger partial charge in [-0.2, -0.15) is 0 Å². The van der Waals surface area contributed by atoms with Gasteiger partial charge in [0.15, 0.2) is 0 Å². The summed E-state index contributed by atoms with van der Waals surface area (Å²) in [7, 11) is -4.31. The molecule has 0 radical (unpaired) electrons. The molecule has 0 unspecified atom stereocenters. The van der Waals surface area contributed by atoms with Crippen LogP contribution in [0.5, 0.6) is 0 Å². The third-order valence-electron chi connectivity index (χ3n) is 7.79. The Bertz CT molecular complexity index is 712. The van der Waals surface area contributed by atoms with E-state index in [4.69, 9.17) is 0 Å². The highest BCUT2D eigenvalue weighted by atomic mass is 32.2. The third-order valence-corrected chi connectivity index (χ3v) is 8.72. The normalized spacial score (nSPS) is 12.3. The van der Waals surface area contributed by atoms with Crippen molar-refractivity contribution in [2.75, 3.05) is 5.75 Å². The van der Waals surface area contributed by atoms with Crippen LogP contribution < -0.4 is 5.32 Å². The number of hydrogen-bond acceptors (Lipinski definition) is 3. The maximum absolute atomic E-state index is 12.0. The molecule has 0 amide bonds. The van der Waals surface area contributed by atoms with Gasteiger partial charge < -0.3 is 9.87 Å². The minimum Gasteiger partial charge on any atom is -0.748 e. The van der Waals surface area contributed by atoms with Crippen LogP contribution in [0.25, 0.3) is 0 Å². The van der Waals surface area contributed by atoms with Crippen LogP contribution in [0, 0.1) is 0 Å². The van der Waals surface area contributed by atoms with Crippen molar-refractivity contribution in [3.05, 3.63) is 30.3 Å². The molecular weight excluding hydrogens is 478 g/mol. The maximum atomic E-state index is 12.0. The van der Waals surface area contributed by atoms with Gasteiger partial charge >= 0.3 is 0 Å². The van der Waals surface area contributed by atoms with Crippen LogP contribution in [0.4, 0.5) is 5.69 Å². The lowest BCUT2D eigenvalue weighted by molar-refractivity contribution is -0.651. The first kappa shape index (κ1) is 34.1. The average molecular weight is 538 g/mol. The molecule has 2 N–H and O–H groups in total. The van der Waals surface area contributed by atoms with Crippen molar-refractivity contribution in [3.63, 3.8) is 0 Å². The molecule has 1 rings (SSSR count). The molecule has 0 bridgehead atoms. The SMILES string of the molecule is CCCCCCCCCCCCC(CCCCCCCCCCCC)(CS(=O)(=O)[O-])[NH2+]c1ccccc1. The molecule has 1 aromatic carbocycles. The quantitative estimate of drug-likeness (QED) is 0.0729. The van der Waals surface area contributed by atoms with Crippen molar-refractivity contribution >= 4 is 15.8 Å². The fraction of sp³-hybridized carbons (Fsp3) is 0.812. The summed E-state index contributed by atoms with van der Waals surface area (Å²) >= 11 is 0. The van der Waals surface area contributed by atoms with Crippen LogP contribution in [0.15, 0.2) is 30.3 Å². The van der Waals surface area contributed by atoms with Gasteiger partial charge in [0.2, 0.25) is 0 Å². The summed E-state index contributed by atoms with van der Waals surface area (Å²) in [4.78, 5) is 0. The standard InChI is InChI=1S/C32H59NO3S/c1-3-5-7-9-11-13-15-17-19-24-28-32(30-37(34,35)36,33-31-26-22-21-23-27-31)29-25-20-18-16-14-12-10-8-6-4-2/h21-23,26-27,33H,3-20,24-25,28-30H2,1-2H3,(H,34,35,36). The first-order valence-corrected chi connectivity index (χ1v) is 17.3. The van der Waals surface area contributed by atoms with Crippen LogP contribution in [0.3, 0.4) is 0 Å². The molecule has 1 aromatic rings. The van der Waals surface area contributed by atoms with Crippen LogP contribution in [-0.4, -0.2) is 24.3 Å². The Balaban J connectivity index is 2.56. The van der Waals surface area contributed by atoms with Gasteiger partial charge in [0.1, 0.15) is 21.3 Å². The first-order valence-electron chi connectivity index (χ1n) is 15.8. The Labute approximate surface area is 230 Å². The van der Waals surface area contributed by atoms with E-state index in [2.05, 4.69) is 19.2 Å². The van der Waals surface area contributed by atoms with E-state index >= 15 is 0 Å². The Morgan fingerprint density at radius 3 is 1.30 bits per heavy atom. The Morgan fingerprint density at radius 1 is 0.595 bits per heavy atom. The van der Waals surface area contributed by atoms with Crippen molar-refractivity contribution in [3.8, 4) is 0 Å². The van der Waals surface area contributed by atoms with E-state index < -0.39 is 15.7 Å². The summed E-state index contributed by atoms with van der Waals surface area (Å²) in [5, 5.41) is 2.11. The van der Waals surface area contributed by atoms with E-state index in [1.54, 1.807) is 0 Å². The summed E-state index contributed by atoms with van der Waals surface area (Å²) in [5.74, 6) is -0.274. The minimum absolute atomic E-state index is 0.274. The van der Waals surface area contributed by atoms with Crippen LogP contribution in [-0.2, 0) is 10.1 Å². The van der Waals surface area contributed by atoms with Gasteiger partial charge in [-0.1, -0.05) is 148 Å². The molecule has 0 spiro atoms. The van der Waals surface area contributed by atoms with Crippen LogP contribution in [0.1, 0.15) is 155 Å². The van der Waals surface area contributed by atoms with Gasteiger partial charge in [-0.15, -0.1) is 0 Å². The number of nitrogens with two attached hydrogens (primary N) is 1. The van der Waals surface area contributed by atoms with Crippen LogP contribution >= 0.6 is 0 Å². The highest BCUT2D eigenvalue weighted by Gasteiger charge is 2.36. The maximum Gasteiger partial charge on any atom is 0.130 e. The lowest BCUT2D eigenvalue weighted by Gasteiger charge is -2.33. The van der Waals surface area contributed by atoms with E-state index in [0.717, 1.165) is 44.2 Å². The van der Waals surface area contributed by atoms with Crippen molar-refractivity contribution < 1.29 is 18.3 Å². The molecule has 0 saturated heterocycles. The monoisotopic (exact) mass is 537 g/mol. The summed E-state index contributed by atoms with van der Waals surface area (Å²) in [5.41, 5.74) is 0.479. The fourth-order valence-electron chi connectivity index (χ4n) is 5.64. The van der Waals surface area contributed by atoms with E-state index in [1.807, 2.05) is 30.3 Å². The average Bonchev–Trinajstić information content (AvgIpc) is 2.86. The highest BCUT2D eigenvalue weighted by Crippen LogP contribution is 2.24. The Morgan fingerprint density at radius 2 is 0.946 bits per heavy atom. The number of para-hydroxylation sites is 1. The predicted octanol–water partition coefficient (Wildman–Crippen LogP) is 8.79. The second-order valence-corrected chi connectivity index (χ2v) is 12.9. The Kier molecular flexibility index (Phi) is 20.3. The Hall–Kier alpha value is -0.910. The topological polar surface area (TPSA) is 73.8 Å². The number of rotatable bonds is 26. The van der Waals surface area contributed by atoms with Gasteiger partial charge in [-0.05, 0) is 25.0 Å². The molecule has 5 heteroatoms. The van der Waals surface area contributed by atoms with Gasteiger partial charge in [0.25, 0.3) is 0 Å². The van der Waals surface area contributed by atoms with Crippen LogP contribution in [0.2, 0.25) is 0 Å². The molecule has 0 aliphatic heterocycles. The van der Waals surface area contributed by atoms with E-state index in [0.29, 0.717) is 0 Å². The summed E-state index contributed by atoms with van der Waals surface area (Å²) < 4.78 is 36.1.